The number of fused-ring (bicyclic) bond motifs is 1. The van der Waals surface area contributed by atoms with Gasteiger partial charge in [-0.1, -0.05) is 29.8 Å². The van der Waals surface area contributed by atoms with Gasteiger partial charge in [0.25, 0.3) is 0 Å². The Morgan fingerprint density at radius 3 is 2.50 bits per heavy atom. The molecule has 0 amide bonds. The summed E-state index contributed by atoms with van der Waals surface area (Å²) in [4.78, 5) is 11.5. The van der Waals surface area contributed by atoms with Crippen molar-refractivity contribution in [3.8, 4) is 5.75 Å². The van der Waals surface area contributed by atoms with Crippen LogP contribution in [-0.2, 0) is 6.54 Å². The first-order valence-corrected chi connectivity index (χ1v) is 10.8. The minimum absolute atomic E-state index is 0.198. The number of aromatic hydroxyl groups is 1. The van der Waals surface area contributed by atoms with E-state index >= 15 is 0 Å². The third-order valence-electron chi connectivity index (χ3n) is 5.68. The van der Waals surface area contributed by atoms with Crippen LogP contribution in [0.4, 0.5) is 11.8 Å². The molecule has 30 heavy (non-hydrogen) atoms. The fourth-order valence-electron chi connectivity index (χ4n) is 4.02. The first-order chi connectivity index (χ1) is 14.5. The zero-order valence-electron chi connectivity index (χ0n) is 17.4. The highest BCUT2D eigenvalue weighted by Gasteiger charge is 2.22. The number of nitrogens with one attached hydrogen (secondary N) is 2. The molecule has 1 saturated carbocycles. The molecule has 0 aliphatic heterocycles. The van der Waals surface area contributed by atoms with Crippen molar-refractivity contribution in [1.29, 1.82) is 0 Å². The summed E-state index contributed by atoms with van der Waals surface area (Å²) in [6.07, 6.45) is 4.30. The number of halogens is 1. The molecule has 2 aromatic carbocycles. The van der Waals surface area contributed by atoms with Crippen molar-refractivity contribution in [1.82, 2.24) is 15.3 Å². The number of aromatic nitrogens is 2. The molecule has 4 rings (SSSR count). The Balaban J connectivity index is 1.34. The predicted octanol–water partition coefficient (Wildman–Crippen LogP) is 4.57. The maximum absolute atomic E-state index is 9.49. The molecular weight excluding hydrogens is 398 g/mol. The second kappa shape index (κ2) is 9.06. The predicted molar refractivity (Wildman–Crippen MR) is 123 cm³/mol. The largest absolute Gasteiger partial charge is 0.508 e. The van der Waals surface area contributed by atoms with Crippen LogP contribution in [0.25, 0.3) is 10.9 Å². The average Bonchev–Trinajstić information content (AvgIpc) is 2.73. The summed E-state index contributed by atoms with van der Waals surface area (Å²) < 4.78 is 0. The third-order valence-corrected chi connectivity index (χ3v) is 6.04. The van der Waals surface area contributed by atoms with Gasteiger partial charge in [0, 0.05) is 43.1 Å². The van der Waals surface area contributed by atoms with E-state index in [1.165, 1.54) is 0 Å². The van der Waals surface area contributed by atoms with Crippen molar-refractivity contribution < 1.29 is 5.11 Å². The van der Waals surface area contributed by atoms with E-state index in [-0.39, 0.29) is 5.75 Å². The fraction of sp³-hybridized carbons (Fsp3) is 0.391. The molecule has 3 N–H and O–H groups in total. The van der Waals surface area contributed by atoms with Crippen LogP contribution in [0.1, 0.15) is 31.2 Å². The first kappa shape index (κ1) is 20.7. The summed E-state index contributed by atoms with van der Waals surface area (Å²) in [7, 11) is 4.02. The maximum atomic E-state index is 9.49. The Morgan fingerprint density at radius 1 is 1.03 bits per heavy atom. The molecular formula is C23H28ClN5O. The van der Waals surface area contributed by atoms with Crippen LogP contribution in [-0.4, -0.2) is 41.3 Å². The molecule has 7 heteroatoms. The first-order valence-electron chi connectivity index (χ1n) is 10.4. The molecule has 0 saturated heterocycles. The number of rotatable bonds is 6. The smallest absolute Gasteiger partial charge is 0.225 e. The maximum Gasteiger partial charge on any atom is 0.225 e. The number of hydrogen-bond donors (Lipinski definition) is 3. The van der Waals surface area contributed by atoms with Gasteiger partial charge in [0.15, 0.2) is 0 Å². The topological polar surface area (TPSA) is 73.3 Å². The molecule has 0 spiro atoms. The molecule has 0 bridgehead atoms. The molecule has 1 fully saturated rings. The number of anilines is 2. The van der Waals surface area contributed by atoms with Gasteiger partial charge in [-0.05, 0) is 55.5 Å². The van der Waals surface area contributed by atoms with Gasteiger partial charge in [-0.2, -0.15) is 4.98 Å². The van der Waals surface area contributed by atoms with Crippen LogP contribution in [0.5, 0.6) is 5.75 Å². The Bertz CT molecular complexity index is 1020. The lowest BCUT2D eigenvalue weighted by Gasteiger charge is -2.30. The number of hydrogen-bond acceptors (Lipinski definition) is 6. The molecule has 1 aromatic heterocycles. The second-order valence-electron chi connectivity index (χ2n) is 8.13. The highest BCUT2D eigenvalue weighted by Crippen LogP contribution is 2.27. The molecule has 0 unspecified atom stereocenters. The molecule has 0 atom stereocenters. The summed E-state index contributed by atoms with van der Waals surface area (Å²) in [5.74, 6) is 1.83. The Kier molecular flexibility index (Phi) is 6.25. The molecule has 6 nitrogen and oxygen atoms in total. The summed E-state index contributed by atoms with van der Waals surface area (Å²) in [5, 5.41) is 18.3. The van der Waals surface area contributed by atoms with Gasteiger partial charge in [-0.3, -0.25) is 0 Å². The van der Waals surface area contributed by atoms with E-state index in [0.717, 1.165) is 48.0 Å². The van der Waals surface area contributed by atoms with Gasteiger partial charge in [0.2, 0.25) is 5.95 Å². The van der Waals surface area contributed by atoms with E-state index in [1.807, 2.05) is 43.3 Å². The Hall–Kier alpha value is -2.57. The zero-order chi connectivity index (χ0) is 21.1. The van der Waals surface area contributed by atoms with Gasteiger partial charge < -0.3 is 20.6 Å². The number of phenols is 1. The van der Waals surface area contributed by atoms with Crippen molar-refractivity contribution in [3.63, 3.8) is 0 Å². The summed E-state index contributed by atoms with van der Waals surface area (Å²) in [6.45, 7) is 0.710. The zero-order valence-corrected chi connectivity index (χ0v) is 18.2. The molecule has 0 radical (unpaired) electrons. The minimum Gasteiger partial charge on any atom is -0.508 e. The van der Waals surface area contributed by atoms with Crippen LogP contribution < -0.4 is 15.5 Å². The molecule has 1 aliphatic rings. The van der Waals surface area contributed by atoms with Crippen LogP contribution in [0, 0.1) is 0 Å². The standard InChI is InChI=1S/C23H28ClN5O/c1-29(2)22-19-5-3-4-6-21(19)27-23(28-22)26-17-10-8-16(9-11-17)25-14-15-7-12-18(30)13-20(15)24/h3-7,12-13,16-17,25,30H,8-11,14H2,1-2H3,(H,26,27,28). The summed E-state index contributed by atoms with van der Waals surface area (Å²) >= 11 is 6.21. The van der Waals surface area contributed by atoms with E-state index in [9.17, 15) is 5.11 Å². The van der Waals surface area contributed by atoms with E-state index < -0.39 is 0 Å². The van der Waals surface area contributed by atoms with Gasteiger partial charge in [0.05, 0.1) is 5.52 Å². The Morgan fingerprint density at radius 2 is 1.77 bits per heavy atom. The molecule has 1 heterocycles. The highest BCUT2D eigenvalue weighted by atomic mass is 35.5. The normalized spacial score (nSPS) is 19.0. The number of phenolic OH excluding ortho intramolecular Hbond substituents is 1. The van der Waals surface area contributed by atoms with Crippen LogP contribution in [0.2, 0.25) is 5.02 Å². The van der Waals surface area contributed by atoms with Crippen LogP contribution >= 0.6 is 11.6 Å². The van der Waals surface area contributed by atoms with Crippen LogP contribution in [0.3, 0.4) is 0 Å². The Labute approximate surface area is 182 Å². The van der Waals surface area contributed by atoms with E-state index in [0.29, 0.717) is 29.6 Å². The molecule has 1 aliphatic carbocycles. The van der Waals surface area contributed by atoms with Gasteiger partial charge in [-0.25, -0.2) is 4.98 Å². The van der Waals surface area contributed by atoms with Crippen molar-refractivity contribution in [2.24, 2.45) is 0 Å². The summed E-state index contributed by atoms with van der Waals surface area (Å²) in [6, 6.07) is 14.1. The van der Waals surface area contributed by atoms with E-state index in [1.54, 1.807) is 12.1 Å². The lowest BCUT2D eigenvalue weighted by atomic mass is 9.91. The van der Waals surface area contributed by atoms with Crippen molar-refractivity contribution in [3.05, 3.63) is 53.1 Å². The monoisotopic (exact) mass is 425 g/mol. The molecule has 3 aromatic rings. The quantitative estimate of drug-likeness (QED) is 0.537. The van der Waals surface area contributed by atoms with E-state index in [2.05, 4.69) is 16.7 Å². The van der Waals surface area contributed by atoms with Gasteiger partial charge >= 0.3 is 0 Å². The van der Waals surface area contributed by atoms with Crippen molar-refractivity contribution >= 4 is 34.3 Å². The van der Waals surface area contributed by atoms with Crippen LogP contribution in [0.15, 0.2) is 42.5 Å². The van der Waals surface area contributed by atoms with Gasteiger partial charge in [0.1, 0.15) is 11.6 Å². The lowest BCUT2D eigenvalue weighted by Crippen LogP contribution is -2.37. The minimum atomic E-state index is 0.198. The SMILES string of the molecule is CN(C)c1nc(NC2CCC(NCc3ccc(O)cc3Cl)CC2)nc2ccccc12. The average molecular weight is 426 g/mol. The lowest BCUT2D eigenvalue weighted by molar-refractivity contribution is 0.352. The van der Waals surface area contributed by atoms with E-state index in [4.69, 9.17) is 21.6 Å². The molecule has 158 valence electrons. The summed E-state index contributed by atoms with van der Waals surface area (Å²) in [5.41, 5.74) is 1.97. The third kappa shape index (κ3) is 4.77. The number of benzene rings is 2. The highest BCUT2D eigenvalue weighted by molar-refractivity contribution is 6.31. The van der Waals surface area contributed by atoms with Crippen molar-refractivity contribution in [2.75, 3.05) is 24.3 Å². The number of nitrogens with zero attached hydrogens (tertiary/aromatic N) is 3. The fourth-order valence-corrected chi connectivity index (χ4v) is 4.27. The van der Waals surface area contributed by atoms with Gasteiger partial charge in [-0.15, -0.1) is 0 Å². The second-order valence-corrected chi connectivity index (χ2v) is 8.54. The van der Waals surface area contributed by atoms with Crippen molar-refractivity contribution in [2.45, 2.75) is 44.3 Å². The number of para-hydroxylation sites is 1.